The van der Waals surface area contributed by atoms with E-state index in [0.717, 1.165) is 11.3 Å². The van der Waals surface area contributed by atoms with Gasteiger partial charge in [0, 0.05) is 19.0 Å². The molecular weight excluding hydrogens is 444 g/mol. The standard InChI is InChI=1S/C28H32N2O5/c1-2-3-4-9-26(31)30-16-14-21-11-12-23(18-24(21)27(30)28(32)33)34-17-15-22-19-35-25(29-22)13-10-20-7-5-6-8-20/h2-4,9-13,18-20,27H,5-8,14-17H2,1H3,(H,32,33). The number of carboxylic acids is 1. The number of allylic oxidation sites excluding steroid dienone is 4. The molecule has 4 rings (SSSR count). The van der Waals surface area contributed by atoms with E-state index in [2.05, 4.69) is 11.1 Å². The minimum atomic E-state index is -1.06. The van der Waals surface area contributed by atoms with Crippen molar-refractivity contribution in [3.05, 3.63) is 77.6 Å². The molecule has 1 atom stereocenters. The molecule has 1 N–H and O–H groups in total. The number of carboxylic acid groups (broad SMARTS) is 1. The monoisotopic (exact) mass is 476 g/mol. The normalized spacial score (nSPS) is 18.7. The summed E-state index contributed by atoms with van der Waals surface area (Å²) in [6.07, 6.45) is 18.6. The van der Waals surface area contributed by atoms with E-state index in [9.17, 15) is 14.7 Å². The summed E-state index contributed by atoms with van der Waals surface area (Å²) >= 11 is 0. The maximum Gasteiger partial charge on any atom is 0.331 e. The van der Waals surface area contributed by atoms with E-state index >= 15 is 0 Å². The number of oxazole rings is 1. The summed E-state index contributed by atoms with van der Waals surface area (Å²) in [5, 5.41) is 9.91. The Morgan fingerprint density at radius 3 is 2.86 bits per heavy atom. The zero-order chi connectivity index (χ0) is 24.6. The number of benzene rings is 1. The Bertz CT molecular complexity index is 1120. The first-order valence-electron chi connectivity index (χ1n) is 12.3. The Kier molecular flexibility index (Phi) is 8.19. The number of carbonyl (C=O) groups excluding carboxylic acids is 1. The fourth-order valence-corrected chi connectivity index (χ4v) is 4.69. The van der Waals surface area contributed by atoms with E-state index < -0.39 is 12.0 Å². The summed E-state index contributed by atoms with van der Waals surface area (Å²) in [6.45, 7) is 2.58. The molecule has 2 aliphatic rings. The first kappa shape index (κ1) is 24.5. The molecule has 1 fully saturated rings. The van der Waals surface area contributed by atoms with E-state index in [0.29, 0.717) is 49.1 Å². The average Bonchev–Trinajstić information content (AvgIpc) is 3.54. The molecule has 1 amide bonds. The van der Waals surface area contributed by atoms with Gasteiger partial charge in [0.25, 0.3) is 0 Å². The quantitative estimate of drug-likeness (QED) is 0.398. The molecule has 2 heterocycles. The van der Waals surface area contributed by atoms with Crippen LogP contribution in [0.4, 0.5) is 0 Å². The van der Waals surface area contributed by atoms with E-state index in [-0.39, 0.29) is 5.91 Å². The third-order valence-electron chi connectivity index (χ3n) is 6.51. The van der Waals surface area contributed by atoms with Crippen LogP contribution < -0.4 is 4.74 Å². The number of aliphatic carboxylic acids is 1. The second-order valence-corrected chi connectivity index (χ2v) is 8.95. The first-order chi connectivity index (χ1) is 17.0. The number of ether oxygens (including phenoxy) is 1. The number of fused-ring (bicyclic) bond motifs is 1. The SMILES string of the molecule is CC=CC=CC(=O)N1CCc2ccc(OCCc3coc(C=CC4CCCC4)n3)cc2C1C(=O)O. The lowest BCUT2D eigenvalue weighted by Gasteiger charge is -2.34. The molecule has 0 radical (unpaired) electrons. The molecule has 1 aliphatic carbocycles. The summed E-state index contributed by atoms with van der Waals surface area (Å²) in [7, 11) is 0. The first-order valence-corrected chi connectivity index (χ1v) is 12.3. The van der Waals surface area contributed by atoms with Crippen LogP contribution in [-0.4, -0.2) is 40.0 Å². The summed E-state index contributed by atoms with van der Waals surface area (Å²) in [6, 6.07) is 4.43. The van der Waals surface area contributed by atoms with Gasteiger partial charge in [-0.1, -0.05) is 43.2 Å². The van der Waals surface area contributed by atoms with Gasteiger partial charge in [-0.25, -0.2) is 9.78 Å². The third kappa shape index (κ3) is 6.29. The summed E-state index contributed by atoms with van der Waals surface area (Å²) < 4.78 is 11.5. The number of nitrogens with zero attached hydrogens (tertiary/aromatic N) is 2. The van der Waals surface area contributed by atoms with Crippen LogP contribution in [0.2, 0.25) is 0 Å². The highest BCUT2D eigenvalue weighted by molar-refractivity contribution is 5.92. The number of hydrogen-bond donors (Lipinski definition) is 1. The van der Waals surface area contributed by atoms with Gasteiger partial charge in [-0.2, -0.15) is 0 Å². The predicted molar refractivity (Wildman–Crippen MR) is 133 cm³/mol. The minimum absolute atomic E-state index is 0.323. The Balaban J connectivity index is 1.38. The number of hydrogen-bond acceptors (Lipinski definition) is 5. The molecule has 1 unspecified atom stereocenters. The Hall–Kier alpha value is -3.61. The van der Waals surface area contributed by atoms with Crippen LogP contribution in [0.3, 0.4) is 0 Å². The molecular formula is C28H32N2O5. The molecule has 0 saturated heterocycles. The molecule has 2 aromatic rings. The van der Waals surface area contributed by atoms with Crippen LogP contribution in [0.15, 0.2) is 59.3 Å². The zero-order valence-corrected chi connectivity index (χ0v) is 20.1. The van der Waals surface area contributed by atoms with Gasteiger partial charge in [-0.3, -0.25) is 4.79 Å². The highest BCUT2D eigenvalue weighted by Crippen LogP contribution is 2.33. The molecule has 1 aliphatic heterocycles. The van der Waals surface area contributed by atoms with Crippen molar-refractivity contribution in [3.8, 4) is 5.75 Å². The highest BCUT2D eigenvalue weighted by Gasteiger charge is 2.35. The number of carbonyl (C=O) groups is 2. The number of aromatic nitrogens is 1. The Morgan fingerprint density at radius 1 is 1.26 bits per heavy atom. The van der Waals surface area contributed by atoms with Gasteiger partial charge in [0.2, 0.25) is 11.8 Å². The number of amides is 1. The second-order valence-electron chi connectivity index (χ2n) is 8.95. The topological polar surface area (TPSA) is 92.9 Å². The Morgan fingerprint density at radius 2 is 2.09 bits per heavy atom. The molecule has 1 saturated carbocycles. The summed E-state index contributed by atoms with van der Waals surface area (Å²) in [5.74, 6) is 0.424. The zero-order valence-electron chi connectivity index (χ0n) is 20.1. The van der Waals surface area contributed by atoms with Crippen LogP contribution in [0, 0.1) is 5.92 Å². The van der Waals surface area contributed by atoms with Gasteiger partial charge in [0.05, 0.1) is 12.3 Å². The average molecular weight is 477 g/mol. The van der Waals surface area contributed by atoms with E-state index in [1.54, 1.807) is 30.6 Å². The van der Waals surface area contributed by atoms with Gasteiger partial charge >= 0.3 is 5.97 Å². The molecule has 7 heteroatoms. The van der Waals surface area contributed by atoms with E-state index in [4.69, 9.17) is 9.15 Å². The van der Waals surface area contributed by atoms with Gasteiger partial charge in [0.15, 0.2) is 6.04 Å². The maximum atomic E-state index is 12.6. The maximum absolute atomic E-state index is 12.6. The van der Waals surface area contributed by atoms with E-state index in [1.165, 1.54) is 36.7 Å². The van der Waals surface area contributed by atoms with Crippen molar-refractivity contribution in [1.82, 2.24) is 9.88 Å². The third-order valence-corrected chi connectivity index (χ3v) is 6.51. The van der Waals surface area contributed by atoms with E-state index in [1.807, 2.05) is 25.1 Å². The molecule has 0 spiro atoms. The van der Waals surface area contributed by atoms with Crippen molar-refractivity contribution in [2.24, 2.45) is 5.92 Å². The van der Waals surface area contributed by atoms with Crippen molar-refractivity contribution in [2.45, 2.75) is 51.5 Å². The minimum Gasteiger partial charge on any atom is -0.493 e. The van der Waals surface area contributed by atoms with Crippen LogP contribution in [0.25, 0.3) is 6.08 Å². The fraction of sp³-hybridized carbons (Fsp3) is 0.393. The molecule has 7 nitrogen and oxygen atoms in total. The van der Waals surface area contributed by atoms with Crippen LogP contribution in [0.1, 0.15) is 61.4 Å². The molecule has 1 aromatic carbocycles. The van der Waals surface area contributed by atoms with Crippen molar-refractivity contribution >= 4 is 18.0 Å². The molecule has 1 aromatic heterocycles. The van der Waals surface area contributed by atoms with Crippen molar-refractivity contribution in [2.75, 3.05) is 13.2 Å². The summed E-state index contributed by atoms with van der Waals surface area (Å²) in [4.78, 5) is 30.6. The van der Waals surface area contributed by atoms with Crippen LogP contribution >= 0.6 is 0 Å². The molecule has 35 heavy (non-hydrogen) atoms. The van der Waals surface area contributed by atoms with Crippen molar-refractivity contribution < 1.29 is 23.8 Å². The lowest BCUT2D eigenvalue weighted by Crippen LogP contribution is -2.42. The fourth-order valence-electron chi connectivity index (χ4n) is 4.69. The second kappa shape index (κ2) is 11.7. The van der Waals surface area contributed by atoms with Crippen LogP contribution in [0.5, 0.6) is 5.75 Å². The van der Waals surface area contributed by atoms with Crippen molar-refractivity contribution in [1.29, 1.82) is 0 Å². The van der Waals surface area contributed by atoms with Gasteiger partial charge in [-0.05, 0) is 61.4 Å². The smallest absolute Gasteiger partial charge is 0.331 e. The van der Waals surface area contributed by atoms with Crippen LogP contribution in [-0.2, 0) is 22.4 Å². The van der Waals surface area contributed by atoms with Gasteiger partial charge in [0.1, 0.15) is 12.0 Å². The molecule has 0 bridgehead atoms. The highest BCUT2D eigenvalue weighted by atomic mass is 16.5. The largest absolute Gasteiger partial charge is 0.493 e. The lowest BCUT2D eigenvalue weighted by molar-refractivity contribution is -0.149. The van der Waals surface area contributed by atoms with Crippen molar-refractivity contribution in [3.63, 3.8) is 0 Å². The van der Waals surface area contributed by atoms with Gasteiger partial charge < -0.3 is 19.2 Å². The molecule has 184 valence electrons. The van der Waals surface area contributed by atoms with Gasteiger partial charge in [-0.15, -0.1) is 0 Å². The predicted octanol–water partition coefficient (Wildman–Crippen LogP) is 5.14. The lowest BCUT2D eigenvalue weighted by atomic mass is 9.92. The summed E-state index contributed by atoms with van der Waals surface area (Å²) in [5.41, 5.74) is 2.32. The number of rotatable bonds is 9. The Labute approximate surface area is 205 Å².